The van der Waals surface area contributed by atoms with Crippen LogP contribution in [-0.2, 0) is 32.3 Å². The summed E-state index contributed by atoms with van der Waals surface area (Å²) in [5.74, 6) is -2.00. The number of carboxylic acid groups (broad SMARTS) is 2. The van der Waals surface area contributed by atoms with Crippen molar-refractivity contribution in [2.24, 2.45) is 5.92 Å². The van der Waals surface area contributed by atoms with Crippen LogP contribution in [-0.4, -0.2) is 80.3 Å². The summed E-state index contributed by atoms with van der Waals surface area (Å²) in [4.78, 5) is 37.1. The Balaban J connectivity index is 0.00000116. The van der Waals surface area contributed by atoms with E-state index in [1.54, 1.807) is 0 Å². The van der Waals surface area contributed by atoms with Crippen LogP contribution < -0.4 is 4.74 Å². The molecule has 0 fully saturated rings. The van der Waals surface area contributed by atoms with Crippen molar-refractivity contribution in [3.05, 3.63) is 143 Å². The molecule has 4 aromatic carbocycles. The van der Waals surface area contributed by atoms with E-state index >= 15 is 0 Å². The molecular formula is C52H70N2O8. The molecule has 0 aliphatic heterocycles. The van der Waals surface area contributed by atoms with Crippen molar-refractivity contribution in [1.82, 2.24) is 9.80 Å². The van der Waals surface area contributed by atoms with Crippen LogP contribution in [0.3, 0.4) is 0 Å². The molecule has 0 heterocycles. The fourth-order valence-electron chi connectivity index (χ4n) is 7.84. The van der Waals surface area contributed by atoms with Gasteiger partial charge in [0.05, 0.1) is 19.1 Å². The van der Waals surface area contributed by atoms with Gasteiger partial charge in [-0.05, 0) is 128 Å². The minimum Gasteiger partial charge on any atom is -0.508 e. The lowest BCUT2D eigenvalue weighted by Crippen LogP contribution is -2.38. The summed E-state index contributed by atoms with van der Waals surface area (Å²) in [6, 6.07) is 34.7. The predicted octanol–water partition coefficient (Wildman–Crippen LogP) is 10.7. The molecule has 3 N–H and O–H groups in total. The topological polar surface area (TPSA) is 137 Å². The summed E-state index contributed by atoms with van der Waals surface area (Å²) in [6.45, 7) is 24.3. The number of hydrogen-bond donors (Lipinski definition) is 3. The highest BCUT2D eigenvalue weighted by Crippen LogP contribution is 2.38. The molecule has 0 radical (unpaired) electrons. The number of carbonyl (C=O) groups excluding carboxylic acids is 1. The number of benzene rings is 4. The van der Waals surface area contributed by atoms with Gasteiger partial charge in [0.15, 0.2) is 0 Å². The minimum absolute atomic E-state index is 0.0259. The monoisotopic (exact) mass is 851 g/mol. The third-order valence-corrected chi connectivity index (χ3v) is 10.9. The van der Waals surface area contributed by atoms with Gasteiger partial charge in [-0.15, -0.1) is 0 Å². The van der Waals surface area contributed by atoms with Crippen LogP contribution >= 0.6 is 0 Å². The van der Waals surface area contributed by atoms with E-state index < -0.39 is 11.9 Å². The van der Waals surface area contributed by atoms with Crippen LogP contribution in [0.4, 0.5) is 0 Å². The Kier molecular flexibility index (Phi) is 21.1. The number of phenolic OH excluding ortho intramolecular Hbond substituents is 1. The van der Waals surface area contributed by atoms with E-state index in [4.69, 9.17) is 19.7 Å². The summed E-state index contributed by atoms with van der Waals surface area (Å²) in [7, 11) is 0. The molecule has 0 amide bonds. The number of aliphatic carboxylic acids is 2. The maximum Gasteiger partial charge on any atom is 0.328 e. The van der Waals surface area contributed by atoms with Crippen molar-refractivity contribution in [2.45, 2.75) is 131 Å². The molecule has 2 atom stereocenters. The zero-order valence-corrected chi connectivity index (χ0v) is 38.5. The third kappa shape index (κ3) is 16.5. The van der Waals surface area contributed by atoms with Crippen molar-refractivity contribution >= 4 is 17.9 Å². The average molecular weight is 851 g/mol. The molecule has 10 heteroatoms. The first kappa shape index (κ1) is 51.1. The standard InChI is InChI=1S/C48H66N2O4.C4H4O4/c1-33(2)48(52)54-47-24-22-39(30-45(47)43(41-19-15-12-16-20-41)26-28-50(36(7)8)37(9)10)32-53-31-38-21-23-46(51)44(29-38)42(40-17-13-11-14-18-40)25-27-49(34(3)4)35(5)6;5-3(6)1-2-4(7)8/h11-24,29-30,33-37,42-43,51H,25-28,31-32H2,1-10H3;1-2H,(H,5,6)(H,7,8)/b;2-1+/t42-,43?;/m1./s1. The lowest BCUT2D eigenvalue weighted by atomic mass is 9.86. The molecule has 336 valence electrons. The van der Waals surface area contributed by atoms with Crippen LogP contribution in [0.15, 0.2) is 109 Å². The fourth-order valence-corrected chi connectivity index (χ4v) is 7.84. The molecule has 0 saturated heterocycles. The Hall–Kier alpha value is -5.29. The van der Waals surface area contributed by atoms with Gasteiger partial charge in [0.1, 0.15) is 11.5 Å². The molecule has 0 aliphatic rings. The number of esters is 1. The first-order valence-electron chi connectivity index (χ1n) is 21.9. The SMILES string of the molecule is CC(C)C(=O)Oc1ccc(COCc2ccc(O)c([C@H](CCN(C(C)C)C(C)C)c3ccccc3)c2)cc1C(CCN(C(C)C)C(C)C)c1ccccc1.O=C(O)/C=C/C(=O)O. The summed E-state index contributed by atoms with van der Waals surface area (Å²) >= 11 is 0. The number of ether oxygens (including phenoxy) is 2. The summed E-state index contributed by atoms with van der Waals surface area (Å²) in [5, 5.41) is 26.8. The van der Waals surface area contributed by atoms with Crippen molar-refractivity contribution in [3.8, 4) is 11.5 Å². The van der Waals surface area contributed by atoms with Crippen LogP contribution in [0.25, 0.3) is 0 Å². The van der Waals surface area contributed by atoms with Gasteiger partial charge in [0.25, 0.3) is 0 Å². The zero-order valence-electron chi connectivity index (χ0n) is 38.5. The second-order valence-corrected chi connectivity index (χ2v) is 17.2. The highest BCUT2D eigenvalue weighted by molar-refractivity contribution is 5.89. The average Bonchev–Trinajstić information content (AvgIpc) is 3.22. The number of rotatable bonds is 22. The molecule has 62 heavy (non-hydrogen) atoms. The smallest absolute Gasteiger partial charge is 0.328 e. The third-order valence-electron chi connectivity index (χ3n) is 10.9. The lowest BCUT2D eigenvalue weighted by Gasteiger charge is -2.32. The van der Waals surface area contributed by atoms with Gasteiger partial charge < -0.3 is 24.8 Å². The largest absolute Gasteiger partial charge is 0.508 e. The summed E-state index contributed by atoms with van der Waals surface area (Å²) in [6.07, 6.45) is 2.88. The number of aromatic hydroxyl groups is 1. The Morgan fingerprint density at radius 3 is 1.37 bits per heavy atom. The maximum atomic E-state index is 12.9. The molecule has 0 aliphatic carbocycles. The van der Waals surface area contributed by atoms with Crippen molar-refractivity contribution in [1.29, 1.82) is 0 Å². The van der Waals surface area contributed by atoms with E-state index in [-0.39, 0.29) is 23.7 Å². The Morgan fingerprint density at radius 1 is 0.565 bits per heavy atom. The van der Waals surface area contributed by atoms with Crippen molar-refractivity contribution in [2.75, 3.05) is 13.1 Å². The van der Waals surface area contributed by atoms with E-state index in [2.05, 4.69) is 126 Å². The molecule has 4 rings (SSSR count). The van der Waals surface area contributed by atoms with Gasteiger partial charge >= 0.3 is 17.9 Å². The fraction of sp³-hybridized carbons (Fsp3) is 0.442. The van der Waals surface area contributed by atoms with Crippen LogP contribution in [0.2, 0.25) is 0 Å². The van der Waals surface area contributed by atoms with Crippen LogP contribution in [0, 0.1) is 5.92 Å². The van der Waals surface area contributed by atoms with Gasteiger partial charge in [-0.1, -0.05) is 86.6 Å². The molecular weight excluding hydrogens is 781 g/mol. The molecule has 0 saturated carbocycles. The number of carbonyl (C=O) groups is 3. The van der Waals surface area contributed by atoms with Crippen LogP contribution in [0.1, 0.15) is 127 Å². The van der Waals surface area contributed by atoms with E-state index in [1.165, 1.54) is 11.1 Å². The molecule has 1 unspecified atom stereocenters. The zero-order chi connectivity index (χ0) is 45.9. The van der Waals surface area contributed by atoms with Gasteiger partial charge in [-0.2, -0.15) is 0 Å². The number of nitrogens with zero attached hydrogens (tertiary/aromatic N) is 2. The van der Waals surface area contributed by atoms with Crippen molar-refractivity contribution in [3.63, 3.8) is 0 Å². The van der Waals surface area contributed by atoms with Crippen LogP contribution in [0.5, 0.6) is 11.5 Å². The number of hydrogen-bond acceptors (Lipinski definition) is 8. The molecule has 0 bridgehead atoms. The Bertz CT molecular complexity index is 1980. The quantitative estimate of drug-likeness (QED) is 0.0398. The molecule has 10 nitrogen and oxygen atoms in total. The van der Waals surface area contributed by atoms with E-state index in [0.29, 0.717) is 61.0 Å². The van der Waals surface area contributed by atoms with E-state index in [1.807, 2.05) is 50.2 Å². The highest BCUT2D eigenvalue weighted by Gasteiger charge is 2.25. The minimum atomic E-state index is -1.26. The second kappa shape index (κ2) is 25.6. The molecule has 0 aromatic heterocycles. The van der Waals surface area contributed by atoms with Gasteiger partial charge in [0.2, 0.25) is 0 Å². The summed E-state index contributed by atoms with van der Waals surface area (Å²) < 4.78 is 12.5. The Labute approximate surface area is 370 Å². The van der Waals surface area contributed by atoms with E-state index in [9.17, 15) is 19.5 Å². The normalized spacial score (nSPS) is 12.7. The highest BCUT2D eigenvalue weighted by atomic mass is 16.5. The number of phenols is 1. The van der Waals surface area contributed by atoms with Gasteiger partial charge in [0, 0.05) is 59.3 Å². The second-order valence-electron chi connectivity index (χ2n) is 17.2. The molecule has 4 aromatic rings. The predicted molar refractivity (Wildman–Crippen MR) is 248 cm³/mol. The summed E-state index contributed by atoms with van der Waals surface area (Å²) in [5.41, 5.74) is 6.35. The first-order valence-corrected chi connectivity index (χ1v) is 21.9. The first-order chi connectivity index (χ1) is 29.4. The van der Waals surface area contributed by atoms with Crippen molar-refractivity contribution < 1.29 is 39.2 Å². The van der Waals surface area contributed by atoms with E-state index in [0.717, 1.165) is 48.2 Å². The molecule has 0 spiro atoms. The maximum absolute atomic E-state index is 12.9. The lowest BCUT2D eigenvalue weighted by molar-refractivity contribution is -0.138. The van der Waals surface area contributed by atoms with Gasteiger partial charge in [-0.25, -0.2) is 9.59 Å². The van der Waals surface area contributed by atoms with Gasteiger partial charge in [-0.3, -0.25) is 14.6 Å². The Morgan fingerprint density at radius 2 is 0.968 bits per heavy atom. The number of carboxylic acids is 2.